The van der Waals surface area contributed by atoms with Gasteiger partial charge in [0, 0.05) is 27.8 Å². The average molecular weight is 620 g/mol. The Morgan fingerprint density at radius 1 is 0.698 bits per heavy atom. The molecule has 1 aromatic heterocycles. The molecule has 208 valence electrons. The first kappa shape index (κ1) is 26.1. The fourth-order valence-corrected chi connectivity index (χ4v) is 7.60. The largest absolute Gasteiger partial charge is 0.334 e. The normalized spacial score (nSPS) is 19.5. The second-order valence-corrected chi connectivity index (χ2v) is 13.3. The molecule has 0 saturated heterocycles. The van der Waals surface area contributed by atoms with E-state index in [4.69, 9.17) is 0 Å². The number of nitrogens with zero attached hydrogens (tertiary/aromatic N) is 2. The summed E-state index contributed by atoms with van der Waals surface area (Å²) in [6, 6.07) is 46.2. The van der Waals surface area contributed by atoms with Crippen molar-refractivity contribution in [2.24, 2.45) is 0 Å². The van der Waals surface area contributed by atoms with E-state index in [1.807, 2.05) is 0 Å². The Hall–Kier alpha value is -4.60. The topological polar surface area (TPSA) is 8.17 Å². The van der Waals surface area contributed by atoms with Crippen molar-refractivity contribution in [3.05, 3.63) is 163 Å². The summed E-state index contributed by atoms with van der Waals surface area (Å²) in [4.78, 5) is 2.53. The van der Waals surface area contributed by atoms with Crippen molar-refractivity contribution in [2.75, 3.05) is 4.90 Å². The van der Waals surface area contributed by atoms with Gasteiger partial charge >= 0.3 is 0 Å². The highest BCUT2D eigenvalue weighted by atomic mass is 79.9. The van der Waals surface area contributed by atoms with Crippen molar-refractivity contribution in [1.82, 2.24) is 4.57 Å². The number of hydrogen-bond donors (Lipinski definition) is 0. The Bertz CT molecular complexity index is 2080. The number of hydrogen-bond acceptors (Lipinski definition) is 1. The lowest BCUT2D eigenvalue weighted by Crippen LogP contribution is -2.47. The third-order valence-corrected chi connectivity index (χ3v) is 10.1. The van der Waals surface area contributed by atoms with Gasteiger partial charge in [-0.25, -0.2) is 0 Å². The van der Waals surface area contributed by atoms with Crippen LogP contribution in [0.15, 0.2) is 163 Å². The van der Waals surface area contributed by atoms with Gasteiger partial charge in [-0.2, -0.15) is 0 Å². The molecule has 0 amide bonds. The van der Waals surface area contributed by atoms with Crippen molar-refractivity contribution in [3.8, 4) is 16.8 Å². The Kier molecular flexibility index (Phi) is 6.06. The molecule has 0 bridgehead atoms. The minimum absolute atomic E-state index is 0.204. The quantitative estimate of drug-likeness (QED) is 0.174. The minimum Gasteiger partial charge on any atom is -0.334 e. The minimum atomic E-state index is -0.273. The average Bonchev–Trinajstić information content (AvgIpc) is 3.36. The van der Waals surface area contributed by atoms with Crippen molar-refractivity contribution >= 4 is 49.1 Å². The van der Waals surface area contributed by atoms with E-state index in [0.717, 1.165) is 12.0 Å². The van der Waals surface area contributed by atoms with Crippen molar-refractivity contribution < 1.29 is 0 Å². The molecule has 43 heavy (non-hydrogen) atoms. The van der Waals surface area contributed by atoms with Gasteiger partial charge in [0.1, 0.15) is 0 Å². The number of rotatable bonds is 5. The van der Waals surface area contributed by atoms with E-state index in [9.17, 15) is 0 Å². The van der Waals surface area contributed by atoms with Crippen molar-refractivity contribution in [3.63, 3.8) is 0 Å². The van der Waals surface area contributed by atoms with Crippen LogP contribution < -0.4 is 4.90 Å². The van der Waals surface area contributed by atoms with Gasteiger partial charge in [0.25, 0.3) is 0 Å². The van der Waals surface area contributed by atoms with Gasteiger partial charge in [0.2, 0.25) is 0 Å². The molecular weight excluding hydrogens is 588 g/mol. The van der Waals surface area contributed by atoms with Crippen LogP contribution in [0.2, 0.25) is 0 Å². The zero-order chi connectivity index (χ0) is 29.1. The molecule has 5 aromatic carbocycles. The monoisotopic (exact) mass is 618 g/mol. The number of fused-ring (bicyclic) bond motifs is 3. The Morgan fingerprint density at radius 3 is 2.09 bits per heavy atom. The number of halogens is 1. The first-order valence-corrected chi connectivity index (χ1v) is 15.6. The maximum Gasteiger partial charge on any atom is 0.0706 e. The lowest BCUT2D eigenvalue weighted by atomic mass is 9.70. The highest BCUT2D eigenvalue weighted by Gasteiger charge is 2.46. The summed E-state index contributed by atoms with van der Waals surface area (Å²) >= 11 is 4.08. The van der Waals surface area contributed by atoms with Crippen LogP contribution in [-0.2, 0) is 0 Å². The van der Waals surface area contributed by atoms with E-state index in [1.165, 1.54) is 61.1 Å². The van der Waals surface area contributed by atoms with E-state index in [-0.39, 0.29) is 10.4 Å². The summed E-state index contributed by atoms with van der Waals surface area (Å²) in [6.45, 7) is 6.63. The molecule has 1 heterocycles. The molecule has 0 aliphatic heterocycles. The van der Waals surface area contributed by atoms with Crippen LogP contribution in [-0.4, -0.2) is 14.9 Å². The van der Waals surface area contributed by atoms with E-state index in [2.05, 4.69) is 178 Å². The van der Waals surface area contributed by atoms with Gasteiger partial charge in [-0.1, -0.05) is 120 Å². The van der Waals surface area contributed by atoms with Gasteiger partial charge in [0.15, 0.2) is 0 Å². The zero-order valence-corrected chi connectivity index (χ0v) is 25.6. The number of anilines is 2. The number of benzene rings is 5. The second-order valence-electron chi connectivity index (χ2n) is 11.7. The Labute approximate surface area is 261 Å². The van der Waals surface area contributed by atoms with Crippen LogP contribution in [0.5, 0.6) is 0 Å². The van der Waals surface area contributed by atoms with Crippen LogP contribution >= 0.6 is 15.9 Å². The van der Waals surface area contributed by atoms with Crippen LogP contribution in [0.1, 0.15) is 13.3 Å². The number of alkyl halides is 1. The number of aromatic nitrogens is 1. The third kappa shape index (κ3) is 4.14. The van der Waals surface area contributed by atoms with Gasteiger partial charge < -0.3 is 9.47 Å². The van der Waals surface area contributed by atoms with Gasteiger partial charge in [0.05, 0.1) is 21.4 Å². The maximum atomic E-state index is 4.39. The fourth-order valence-electron chi connectivity index (χ4n) is 6.94. The summed E-state index contributed by atoms with van der Waals surface area (Å²) in [5.41, 5.74) is 12.3. The molecule has 0 radical (unpaired) electrons. The van der Waals surface area contributed by atoms with E-state index in [0.29, 0.717) is 0 Å². The highest BCUT2D eigenvalue weighted by Crippen LogP contribution is 2.53. The van der Waals surface area contributed by atoms with Gasteiger partial charge in [-0.15, -0.1) is 0 Å². The van der Waals surface area contributed by atoms with Gasteiger partial charge in [-0.3, -0.25) is 0 Å². The highest BCUT2D eigenvalue weighted by molar-refractivity contribution is 9.10. The first-order valence-electron chi connectivity index (χ1n) is 14.8. The second kappa shape index (κ2) is 10.00. The van der Waals surface area contributed by atoms with Crippen LogP contribution in [0.25, 0.3) is 38.6 Å². The SMILES string of the molecule is C=C1C=CC2=C([C@H](N(c3ccc(-c4ccccc4)cc3)c3ccc4c5ccccc5n(-c5ccccc5)c4c3)C2)C1(C)Br. The summed E-state index contributed by atoms with van der Waals surface area (Å²) in [6.07, 6.45) is 5.40. The standard InChI is InChI=1S/C40H31BrN2/c1-27-17-18-30-25-38(39(30)40(27,2)41)42(32-21-19-29(20-22-32)28-11-5-3-6-12-28)33-23-24-35-34-15-9-10-16-36(34)43(37(35)26-33)31-13-7-4-8-14-31/h3-24,26,38H,1,25H2,2H3/t38-,40?/m1/s1. The molecular formula is C40H31BrN2. The lowest BCUT2D eigenvalue weighted by molar-refractivity contribution is 0.596. The van der Waals surface area contributed by atoms with Gasteiger partial charge in [-0.05, 0) is 83.7 Å². The molecule has 1 unspecified atom stereocenters. The molecule has 0 saturated carbocycles. The molecule has 2 nitrogen and oxygen atoms in total. The molecule has 2 atom stereocenters. The molecule has 3 heteroatoms. The molecule has 6 aromatic rings. The number of para-hydroxylation sites is 2. The Balaban J connectivity index is 1.32. The molecule has 2 aliphatic rings. The predicted molar refractivity (Wildman–Crippen MR) is 186 cm³/mol. The van der Waals surface area contributed by atoms with Crippen LogP contribution in [0, 0.1) is 0 Å². The number of allylic oxidation sites excluding steroid dienone is 3. The molecule has 2 aliphatic carbocycles. The predicted octanol–water partition coefficient (Wildman–Crippen LogP) is 10.9. The van der Waals surface area contributed by atoms with E-state index < -0.39 is 0 Å². The summed E-state index contributed by atoms with van der Waals surface area (Å²) in [5.74, 6) is 0. The van der Waals surface area contributed by atoms with Crippen molar-refractivity contribution in [2.45, 2.75) is 23.7 Å². The van der Waals surface area contributed by atoms with Crippen molar-refractivity contribution in [1.29, 1.82) is 0 Å². The smallest absolute Gasteiger partial charge is 0.0706 e. The Morgan fingerprint density at radius 2 is 1.33 bits per heavy atom. The third-order valence-electron chi connectivity index (χ3n) is 9.20. The van der Waals surface area contributed by atoms with E-state index >= 15 is 0 Å². The zero-order valence-electron chi connectivity index (χ0n) is 24.0. The van der Waals surface area contributed by atoms with Crippen LogP contribution in [0.4, 0.5) is 11.4 Å². The maximum absolute atomic E-state index is 4.39. The van der Waals surface area contributed by atoms with E-state index in [1.54, 1.807) is 0 Å². The summed E-state index contributed by atoms with van der Waals surface area (Å²) in [7, 11) is 0. The first-order chi connectivity index (χ1) is 21.0. The molecule has 0 spiro atoms. The molecule has 0 N–H and O–H groups in total. The molecule has 8 rings (SSSR count). The molecule has 0 fully saturated rings. The summed E-state index contributed by atoms with van der Waals surface area (Å²) in [5, 5.41) is 2.53. The summed E-state index contributed by atoms with van der Waals surface area (Å²) < 4.78 is 2.13. The lowest BCUT2D eigenvalue weighted by Gasteiger charge is -2.49. The fraction of sp³-hybridized carbons (Fsp3) is 0.100. The van der Waals surface area contributed by atoms with Crippen LogP contribution in [0.3, 0.4) is 0 Å².